The van der Waals surface area contributed by atoms with Gasteiger partial charge >= 0.3 is 0 Å². The van der Waals surface area contributed by atoms with Crippen LogP contribution in [0.1, 0.15) is 23.1 Å². The lowest BCUT2D eigenvalue weighted by Gasteiger charge is -2.17. The van der Waals surface area contributed by atoms with E-state index >= 15 is 0 Å². The number of thioether (sulfide) groups is 1. The molecule has 0 bridgehead atoms. The quantitative estimate of drug-likeness (QED) is 0.817. The standard InChI is InChI=1S/C18H14N2OS/c19-18-20-17(21)16(22-18)10-15-13-7-3-1-5-11(13)9-12-6-2-4-8-14(12)15/h1-3,5-7,9-10H,4,8H2,(H2,19,20,21)/b16-10-. The van der Waals surface area contributed by atoms with Crippen LogP contribution >= 0.6 is 11.8 Å². The first-order valence-electron chi connectivity index (χ1n) is 7.21. The lowest BCUT2D eigenvalue weighted by atomic mass is 9.88. The molecule has 0 atom stereocenters. The van der Waals surface area contributed by atoms with Crippen LogP contribution in [0.4, 0.5) is 0 Å². The number of benzene rings is 2. The zero-order valence-corrected chi connectivity index (χ0v) is 12.7. The highest BCUT2D eigenvalue weighted by atomic mass is 32.2. The summed E-state index contributed by atoms with van der Waals surface area (Å²) in [6.45, 7) is 0. The second-order valence-electron chi connectivity index (χ2n) is 5.39. The summed E-state index contributed by atoms with van der Waals surface area (Å²) < 4.78 is 0. The van der Waals surface area contributed by atoms with E-state index in [4.69, 9.17) is 5.73 Å². The second-order valence-corrected chi connectivity index (χ2v) is 6.45. The number of nitrogens with two attached hydrogens (primary N) is 1. The van der Waals surface area contributed by atoms with Crippen LogP contribution in [-0.2, 0) is 11.2 Å². The monoisotopic (exact) mass is 306 g/mol. The third kappa shape index (κ3) is 2.16. The molecule has 0 saturated carbocycles. The number of carbonyl (C=O) groups excluding carboxylic acids is 1. The number of allylic oxidation sites excluding steroid dienone is 1. The van der Waals surface area contributed by atoms with Gasteiger partial charge in [0, 0.05) is 0 Å². The maximum absolute atomic E-state index is 11.9. The molecule has 0 aromatic heterocycles. The van der Waals surface area contributed by atoms with Crippen LogP contribution in [0.15, 0.2) is 46.3 Å². The predicted octanol–water partition coefficient (Wildman–Crippen LogP) is 3.73. The van der Waals surface area contributed by atoms with Crippen molar-refractivity contribution < 1.29 is 4.79 Å². The molecule has 0 spiro atoms. The average molecular weight is 306 g/mol. The van der Waals surface area contributed by atoms with Crippen LogP contribution in [-0.4, -0.2) is 11.1 Å². The molecule has 0 fully saturated rings. The van der Waals surface area contributed by atoms with Gasteiger partial charge in [-0.1, -0.05) is 36.4 Å². The minimum absolute atomic E-state index is 0.240. The Morgan fingerprint density at radius 1 is 1.27 bits per heavy atom. The summed E-state index contributed by atoms with van der Waals surface area (Å²) in [5.74, 6) is -0.240. The molecule has 2 N–H and O–H groups in total. The predicted molar refractivity (Wildman–Crippen MR) is 93.5 cm³/mol. The molecule has 0 saturated heterocycles. The molecular formula is C18H14N2OS. The van der Waals surface area contributed by atoms with Gasteiger partial charge in [0.15, 0.2) is 5.17 Å². The van der Waals surface area contributed by atoms with Crippen molar-refractivity contribution in [2.24, 2.45) is 10.7 Å². The smallest absolute Gasteiger partial charge is 0.286 e. The summed E-state index contributed by atoms with van der Waals surface area (Å²) in [7, 11) is 0. The fourth-order valence-electron chi connectivity index (χ4n) is 3.03. The van der Waals surface area contributed by atoms with Crippen LogP contribution in [0.2, 0.25) is 0 Å². The minimum Gasteiger partial charge on any atom is -0.378 e. The summed E-state index contributed by atoms with van der Waals surface area (Å²) in [6, 6.07) is 10.5. The SMILES string of the molecule is NC1=NC(=O)/C(=C/c2c3c(cc4ccccc24)C=CCC3)S1. The maximum Gasteiger partial charge on any atom is 0.286 e. The third-order valence-electron chi connectivity index (χ3n) is 4.01. The van der Waals surface area contributed by atoms with Crippen molar-refractivity contribution in [2.45, 2.75) is 12.8 Å². The van der Waals surface area contributed by atoms with E-state index in [0.29, 0.717) is 10.1 Å². The number of amidine groups is 1. The van der Waals surface area contributed by atoms with E-state index in [1.807, 2.05) is 18.2 Å². The summed E-state index contributed by atoms with van der Waals surface area (Å²) in [5.41, 5.74) is 9.32. The Morgan fingerprint density at radius 3 is 2.95 bits per heavy atom. The molecule has 1 aliphatic heterocycles. The number of amides is 1. The van der Waals surface area contributed by atoms with Crippen molar-refractivity contribution in [1.82, 2.24) is 0 Å². The van der Waals surface area contributed by atoms with E-state index in [1.54, 1.807) is 0 Å². The Labute approximate surface area is 132 Å². The van der Waals surface area contributed by atoms with E-state index < -0.39 is 0 Å². The lowest BCUT2D eigenvalue weighted by molar-refractivity contribution is -0.113. The Bertz CT molecular complexity index is 893. The van der Waals surface area contributed by atoms with Crippen molar-refractivity contribution in [2.75, 3.05) is 0 Å². The number of carbonyl (C=O) groups is 1. The van der Waals surface area contributed by atoms with Gasteiger partial charge in [-0.05, 0) is 64.2 Å². The molecule has 4 rings (SSSR count). The lowest BCUT2D eigenvalue weighted by Crippen LogP contribution is -2.01. The second kappa shape index (κ2) is 5.14. The highest BCUT2D eigenvalue weighted by molar-refractivity contribution is 8.18. The van der Waals surface area contributed by atoms with E-state index in [0.717, 1.165) is 18.4 Å². The summed E-state index contributed by atoms with van der Waals surface area (Å²) in [4.78, 5) is 16.3. The summed E-state index contributed by atoms with van der Waals surface area (Å²) in [5, 5.41) is 2.68. The van der Waals surface area contributed by atoms with Crippen molar-refractivity contribution in [3.63, 3.8) is 0 Å². The first-order valence-corrected chi connectivity index (χ1v) is 8.03. The molecule has 2 aromatic rings. The van der Waals surface area contributed by atoms with Crippen LogP contribution in [0.25, 0.3) is 22.9 Å². The Kier molecular flexibility index (Phi) is 3.12. The molecule has 1 amide bonds. The first kappa shape index (κ1) is 13.3. The Balaban J connectivity index is 1.98. The normalized spacial score (nSPS) is 18.8. The summed E-state index contributed by atoms with van der Waals surface area (Å²) in [6.07, 6.45) is 8.34. The van der Waals surface area contributed by atoms with Crippen LogP contribution < -0.4 is 5.73 Å². The van der Waals surface area contributed by atoms with E-state index in [1.165, 1.54) is 33.7 Å². The fourth-order valence-corrected chi connectivity index (χ4v) is 3.69. The molecule has 22 heavy (non-hydrogen) atoms. The van der Waals surface area contributed by atoms with Gasteiger partial charge in [0.2, 0.25) is 0 Å². The van der Waals surface area contributed by atoms with E-state index in [-0.39, 0.29) is 5.91 Å². The Hall–Kier alpha value is -2.33. The molecule has 1 heterocycles. The van der Waals surface area contributed by atoms with E-state index in [9.17, 15) is 4.79 Å². The van der Waals surface area contributed by atoms with Crippen LogP contribution in [0.3, 0.4) is 0 Å². The van der Waals surface area contributed by atoms with Crippen molar-refractivity contribution >= 4 is 45.8 Å². The van der Waals surface area contributed by atoms with Crippen molar-refractivity contribution in [1.29, 1.82) is 0 Å². The first-order chi connectivity index (χ1) is 10.7. The molecule has 4 heteroatoms. The van der Waals surface area contributed by atoms with Gasteiger partial charge in [-0.2, -0.15) is 4.99 Å². The van der Waals surface area contributed by atoms with Gasteiger partial charge in [0.25, 0.3) is 5.91 Å². The number of hydrogen-bond donors (Lipinski definition) is 1. The molecule has 108 valence electrons. The Morgan fingerprint density at radius 2 is 2.14 bits per heavy atom. The van der Waals surface area contributed by atoms with Crippen molar-refractivity contribution in [3.05, 3.63) is 58.0 Å². The topological polar surface area (TPSA) is 55.4 Å². The fraction of sp³-hybridized carbons (Fsp3) is 0.111. The third-order valence-corrected chi connectivity index (χ3v) is 4.82. The van der Waals surface area contributed by atoms with Gasteiger partial charge in [-0.3, -0.25) is 4.79 Å². The molecule has 1 aliphatic carbocycles. The molecule has 2 aliphatic rings. The minimum atomic E-state index is -0.240. The van der Waals surface area contributed by atoms with Gasteiger partial charge in [0.1, 0.15) is 0 Å². The number of rotatable bonds is 1. The molecule has 2 aromatic carbocycles. The van der Waals surface area contributed by atoms with Crippen LogP contribution in [0, 0.1) is 0 Å². The number of hydrogen-bond acceptors (Lipinski definition) is 3. The zero-order valence-electron chi connectivity index (χ0n) is 11.9. The number of aliphatic imine (C=N–C) groups is 1. The number of fused-ring (bicyclic) bond motifs is 2. The van der Waals surface area contributed by atoms with Crippen LogP contribution in [0.5, 0.6) is 0 Å². The highest BCUT2D eigenvalue weighted by Crippen LogP contribution is 2.35. The highest BCUT2D eigenvalue weighted by Gasteiger charge is 2.21. The van der Waals surface area contributed by atoms with Gasteiger partial charge < -0.3 is 5.73 Å². The molecule has 0 radical (unpaired) electrons. The maximum atomic E-state index is 11.9. The van der Waals surface area contributed by atoms with Gasteiger partial charge in [-0.25, -0.2) is 0 Å². The largest absolute Gasteiger partial charge is 0.378 e. The van der Waals surface area contributed by atoms with Gasteiger partial charge in [0.05, 0.1) is 4.91 Å². The zero-order chi connectivity index (χ0) is 15.1. The summed E-state index contributed by atoms with van der Waals surface area (Å²) >= 11 is 1.25. The molecule has 3 nitrogen and oxygen atoms in total. The average Bonchev–Trinajstić information content (AvgIpc) is 2.84. The van der Waals surface area contributed by atoms with E-state index in [2.05, 4.69) is 35.3 Å². The molecular weight excluding hydrogens is 292 g/mol. The van der Waals surface area contributed by atoms with Crippen molar-refractivity contribution in [3.8, 4) is 0 Å². The molecule has 0 unspecified atom stereocenters. The number of nitrogens with zero attached hydrogens (tertiary/aromatic N) is 1. The van der Waals surface area contributed by atoms with Gasteiger partial charge in [-0.15, -0.1) is 0 Å².